The first-order valence-corrected chi connectivity index (χ1v) is 9.82. The molecule has 2 heterocycles. The van der Waals surface area contributed by atoms with Crippen LogP contribution in [-0.4, -0.2) is 20.4 Å². The predicted molar refractivity (Wildman–Crippen MR) is 118 cm³/mol. The van der Waals surface area contributed by atoms with Crippen molar-refractivity contribution in [2.24, 2.45) is 7.05 Å². The van der Waals surface area contributed by atoms with Crippen LogP contribution in [0.2, 0.25) is 0 Å². The molecule has 0 fully saturated rings. The summed E-state index contributed by atoms with van der Waals surface area (Å²) in [4.78, 5) is 20.6. The molecule has 5 nitrogen and oxygen atoms in total. The van der Waals surface area contributed by atoms with Gasteiger partial charge in [-0.15, -0.1) is 0 Å². The van der Waals surface area contributed by atoms with E-state index in [0.717, 1.165) is 29.0 Å². The molecule has 0 unspecified atom stereocenters. The Kier molecular flexibility index (Phi) is 6.87. The van der Waals surface area contributed by atoms with Crippen LogP contribution in [0.25, 0.3) is 22.5 Å². The highest BCUT2D eigenvalue weighted by Crippen LogP contribution is 2.27. The van der Waals surface area contributed by atoms with Crippen LogP contribution in [-0.2, 0) is 7.05 Å². The van der Waals surface area contributed by atoms with Gasteiger partial charge in [-0.25, -0.2) is 18.7 Å². The van der Waals surface area contributed by atoms with E-state index in [2.05, 4.69) is 15.3 Å². The summed E-state index contributed by atoms with van der Waals surface area (Å²) in [5.74, 6) is -2.71. The minimum Gasteiger partial charge on any atom is -0.349 e. The summed E-state index contributed by atoms with van der Waals surface area (Å²) in [5.41, 5.74) is 2.91. The number of anilines is 1. The number of aromatic nitrogens is 3. The highest BCUT2D eigenvalue weighted by atomic mass is 19.1. The zero-order valence-electron chi connectivity index (χ0n) is 17.4. The van der Waals surface area contributed by atoms with Crippen molar-refractivity contribution in [1.29, 1.82) is 0 Å². The molecule has 0 aliphatic rings. The van der Waals surface area contributed by atoms with Gasteiger partial charge in [0.05, 0.1) is 18.1 Å². The summed E-state index contributed by atoms with van der Waals surface area (Å²) in [5, 5.41) is 2.36. The first kappa shape index (κ1) is 21.8. The molecule has 0 saturated heterocycles. The Morgan fingerprint density at radius 3 is 2.19 bits per heavy atom. The monoisotopic (exact) mass is 420 g/mol. The SMILES string of the molecule is CC.Cn1cc(-c2ccccc2)cc1-c1cnc(NC(=O)c2c(F)cccc2F)cn1. The van der Waals surface area contributed by atoms with Crippen LogP contribution in [0.15, 0.2) is 73.2 Å². The van der Waals surface area contributed by atoms with Crippen LogP contribution >= 0.6 is 0 Å². The first-order valence-electron chi connectivity index (χ1n) is 9.82. The molecule has 0 radical (unpaired) electrons. The molecule has 0 aliphatic heterocycles. The summed E-state index contributed by atoms with van der Waals surface area (Å²) in [6.45, 7) is 4.00. The van der Waals surface area contributed by atoms with Gasteiger partial charge >= 0.3 is 0 Å². The number of nitrogens with one attached hydrogen (secondary N) is 1. The smallest absolute Gasteiger partial charge is 0.262 e. The average Bonchev–Trinajstić information content (AvgIpc) is 3.18. The number of aryl methyl sites for hydroxylation is 1. The second-order valence-corrected chi connectivity index (χ2v) is 6.43. The van der Waals surface area contributed by atoms with Crippen LogP contribution in [0.4, 0.5) is 14.6 Å². The number of carbonyl (C=O) groups excluding carboxylic acids is 1. The van der Waals surface area contributed by atoms with Gasteiger partial charge in [0, 0.05) is 18.8 Å². The number of hydrogen-bond acceptors (Lipinski definition) is 3. The van der Waals surface area contributed by atoms with E-state index >= 15 is 0 Å². The minimum absolute atomic E-state index is 0.0962. The van der Waals surface area contributed by atoms with Gasteiger partial charge in [0.15, 0.2) is 5.82 Å². The van der Waals surface area contributed by atoms with Crippen molar-refractivity contribution in [1.82, 2.24) is 14.5 Å². The summed E-state index contributed by atoms with van der Waals surface area (Å²) in [6.07, 6.45) is 4.83. The maximum Gasteiger partial charge on any atom is 0.262 e. The molecule has 0 bridgehead atoms. The summed E-state index contributed by atoms with van der Waals surface area (Å²) in [7, 11) is 1.90. The predicted octanol–water partition coefficient (Wildman–Crippen LogP) is 5.71. The van der Waals surface area contributed by atoms with Crippen LogP contribution in [0.5, 0.6) is 0 Å². The Bertz CT molecular complexity index is 1150. The number of carbonyl (C=O) groups is 1. The van der Waals surface area contributed by atoms with Crippen molar-refractivity contribution in [2.75, 3.05) is 5.32 Å². The van der Waals surface area contributed by atoms with E-state index in [1.54, 1.807) is 0 Å². The maximum absolute atomic E-state index is 13.7. The lowest BCUT2D eigenvalue weighted by molar-refractivity contribution is 0.101. The number of hydrogen-bond donors (Lipinski definition) is 1. The van der Waals surface area contributed by atoms with Gasteiger partial charge in [0.25, 0.3) is 5.91 Å². The summed E-state index contributed by atoms with van der Waals surface area (Å²) >= 11 is 0. The molecule has 0 saturated carbocycles. The van der Waals surface area contributed by atoms with E-state index in [9.17, 15) is 13.6 Å². The van der Waals surface area contributed by atoms with Crippen LogP contribution in [0, 0.1) is 11.6 Å². The van der Waals surface area contributed by atoms with Crippen molar-refractivity contribution in [3.63, 3.8) is 0 Å². The van der Waals surface area contributed by atoms with E-state index in [1.807, 2.05) is 68.1 Å². The van der Waals surface area contributed by atoms with Crippen molar-refractivity contribution in [3.8, 4) is 22.5 Å². The number of halogens is 2. The lowest BCUT2D eigenvalue weighted by Crippen LogP contribution is -2.16. The highest BCUT2D eigenvalue weighted by Gasteiger charge is 2.18. The number of benzene rings is 2. The Balaban J connectivity index is 0.00000132. The fraction of sp³-hybridized carbons (Fsp3) is 0.125. The van der Waals surface area contributed by atoms with Crippen molar-refractivity contribution < 1.29 is 13.6 Å². The number of amides is 1. The Hall–Kier alpha value is -3.87. The van der Waals surface area contributed by atoms with E-state index < -0.39 is 23.1 Å². The molecule has 0 aliphatic carbocycles. The normalized spacial score (nSPS) is 10.2. The van der Waals surface area contributed by atoms with Gasteiger partial charge in [-0.3, -0.25) is 4.79 Å². The molecule has 0 spiro atoms. The lowest BCUT2D eigenvalue weighted by Gasteiger charge is -2.07. The quantitative estimate of drug-likeness (QED) is 0.460. The standard InChI is InChI=1S/C22H16F2N4O.C2H6/c1-28-13-15(14-6-3-2-4-7-14)10-19(28)18-11-26-20(12-25-18)27-22(29)21-16(23)8-5-9-17(21)24;1-2/h2-13H,1H3,(H,26,27,29);1-2H3. The molecule has 0 atom stereocenters. The van der Waals surface area contributed by atoms with E-state index in [1.165, 1.54) is 18.5 Å². The van der Waals surface area contributed by atoms with E-state index in [4.69, 9.17) is 0 Å². The molecular formula is C24H22F2N4O. The molecule has 1 amide bonds. The second kappa shape index (κ2) is 9.75. The summed E-state index contributed by atoms with van der Waals surface area (Å²) < 4.78 is 29.4. The third kappa shape index (κ3) is 4.83. The fourth-order valence-electron chi connectivity index (χ4n) is 3.03. The first-order chi connectivity index (χ1) is 15.0. The Morgan fingerprint density at radius 2 is 1.58 bits per heavy atom. The molecule has 4 aromatic rings. The molecule has 2 aromatic heterocycles. The van der Waals surface area contributed by atoms with Gasteiger partial charge in [0.1, 0.15) is 22.9 Å². The largest absolute Gasteiger partial charge is 0.349 e. The fourth-order valence-corrected chi connectivity index (χ4v) is 3.03. The summed E-state index contributed by atoms with van der Waals surface area (Å²) in [6, 6.07) is 15.2. The average molecular weight is 420 g/mol. The number of nitrogens with zero attached hydrogens (tertiary/aromatic N) is 3. The van der Waals surface area contributed by atoms with E-state index in [-0.39, 0.29) is 5.82 Å². The molecule has 7 heteroatoms. The Morgan fingerprint density at radius 1 is 0.903 bits per heavy atom. The highest BCUT2D eigenvalue weighted by molar-refractivity contribution is 6.04. The third-order valence-electron chi connectivity index (χ3n) is 4.46. The van der Waals surface area contributed by atoms with Gasteiger partial charge in [-0.2, -0.15) is 0 Å². The minimum atomic E-state index is -0.940. The maximum atomic E-state index is 13.7. The molecule has 1 N–H and O–H groups in total. The van der Waals surface area contributed by atoms with Crippen LogP contribution in [0.3, 0.4) is 0 Å². The molecule has 31 heavy (non-hydrogen) atoms. The van der Waals surface area contributed by atoms with Crippen molar-refractivity contribution in [3.05, 3.63) is 90.4 Å². The molecular weight excluding hydrogens is 398 g/mol. The van der Waals surface area contributed by atoms with Gasteiger partial charge < -0.3 is 9.88 Å². The number of rotatable bonds is 4. The van der Waals surface area contributed by atoms with Crippen molar-refractivity contribution in [2.45, 2.75) is 13.8 Å². The third-order valence-corrected chi connectivity index (χ3v) is 4.46. The van der Waals surface area contributed by atoms with Crippen LogP contribution < -0.4 is 5.32 Å². The van der Waals surface area contributed by atoms with Gasteiger partial charge in [0.2, 0.25) is 0 Å². The van der Waals surface area contributed by atoms with Crippen LogP contribution in [0.1, 0.15) is 24.2 Å². The Labute approximate surface area is 179 Å². The molecule has 2 aromatic carbocycles. The van der Waals surface area contributed by atoms with Gasteiger partial charge in [-0.05, 0) is 23.8 Å². The molecule has 158 valence electrons. The lowest BCUT2D eigenvalue weighted by atomic mass is 10.1. The van der Waals surface area contributed by atoms with Gasteiger partial charge in [-0.1, -0.05) is 50.2 Å². The zero-order chi connectivity index (χ0) is 22.4. The van der Waals surface area contributed by atoms with Crippen molar-refractivity contribution >= 4 is 11.7 Å². The van der Waals surface area contributed by atoms with E-state index in [0.29, 0.717) is 5.69 Å². The second-order valence-electron chi connectivity index (χ2n) is 6.43. The zero-order valence-corrected chi connectivity index (χ0v) is 17.4. The topological polar surface area (TPSA) is 59.8 Å². The molecule has 4 rings (SSSR count).